The van der Waals surface area contributed by atoms with E-state index in [4.69, 9.17) is 16.3 Å². The highest BCUT2D eigenvalue weighted by atomic mass is 35.5. The number of hydrogen-bond acceptors (Lipinski definition) is 4. The number of halogens is 1. The van der Waals surface area contributed by atoms with Gasteiger partial charge in [0.15, 0.2) is 0 Å². The van der Waals surface area contributed by atoms with Gasteiger partial charge in [-0.25, -0.2) is 0 Å². The van der Waals surface area contributed by atoms with E-state index in [1.807, 2.05) is 82.3 Å². The first-order valence-corrected chi connectivity index (χ1v) is 13.8. The van der Waals surface area contributed by atoms with Crippen molar-refractivity contribution in [3.8, 4) is 22.3 Å². The third-order valence-electron chi connectivity index (χ3n) is 6.38. The summed E-state index contributed by atoms with van der Waals surface area (Å²) in [5.41, 5.74) is 7.64. The highest BCUT2D eigenvalue weighted by Gasteiger charge is 2.17. The van der Waals surface area contributed by atoms with E-state index in [1.165, 1.54) is 0 Å². The molecule has 4 aromatic carbocycles. The SMILES string of the molecule is Cc1cc(C(=O)NCCC(=O)OC(C)(C)C)ccc1-c1ccccc1CNc1ccc(-c2ccc(Cl)cc2)cc1. The maximum atomic E-state index is 12.7. The molecule has 0 spiro atoms. The van der Waals surface area contributed by atoms with E-state index in [0.29, 0.717) is 12.1 Å². The van der Waals surface area contributed by atoms with Gasteiger partial charge < -0.3 is 15.4 Å². The van der Waals surface area contributed by atoms with E-state index in [9.17, 15) is 9.59 Å². The maximum absolute atomic E-state index is 12.7. The monoisotopic (exact) mass is 554 g/mol. The zero-order valence-corrected chi connectivity index (χ0v) is 24.1. The van der Waals surface area contributed by atoms with Gasteiger partial charge in [0.05, 0.1) is 6.42 Å². The molecule has 4 aromatic rings. The normalized spacial score (nSPS) is 11.1. The van der Waals surface area contributed by atoms with E-state index >= 15 is 0 Å². The Balaban J connectivity index is 1.39. The molecule has 6 heteroatoms. The van der Waals surface area contributed by atoms with Gasteiger partial charge in [-0.15, -0.1) is 0 Å². The van der Waals surface area contributed by atoms with E-state index in [-0.39, 0.29) is 24.8 Å². The molecule has 0 atom stereocenters. The van der Waals surface area contributed by atoms with Crippen LogP contribution < -0.4 is 10.6 Å². The Labute approximate surface area is 241 Å². The molecule has 0 aliphatic heterocycles. The Morgan fingerprint density at radius 2 is 1.48 bits per heavy atom. The van der Waals surface area contributed by atoms with E-state index in [1.54, 1.807) is 0 Å². The van der Waals surface area contributed by atoms with Gasteiger partial charge in [-0.3, -0.25) is 9.59 Å². The van der Waals surface area contributed by atoms with Crippen molar-refractivity contribution in [1.29, 1.82) is 0 Å². The molecule has 0 saturated carbocycles. The van der Waals surface area contributed by atoms with Gasteiger partial charge in [0.2, 0.25) is 0 Å². The summed E-state index contributed by atoms with van der Waals surface area (Å²) < 4.78 is 5.30. The number of rotatable bonds is 9. The van der Waals surface area contributed by atoms with Crippen LogP contribution in [-0.4, -0.2) is 24.0 Å². The molecule has 0 saturated heterocycles. The molecule has 206 valence electrons. The molecule has 1 amide bonds. The van der Waals surface area contributed by atoms with E-state index in [0.717, 1.165) is 44.1 Å². The molecular weight excluding hydrogens is 520 g/mol. The molecule has 0 aromatic heterocycles. The van der Waals surface area contributed by atoms with Crippen LogP contribution in [-0.2, 0) is 16.1 Å². The van der Waals surface area contributed by atoms with Crippen molar-refractivity contribution in [2.45, 2.75) is 46.3 Å². The quantitative estimate of drug-likeness (QED) is 0.205. The van der Waals surface area contributed by atoms with Crippen LogP contribution in [0.25, 0.3) is 22.3 Å². The molecular formula is C34H35ClN2O3. The smallest absolute Gasteiger partial charge is 0.308 e. The first kappa shape index (κ1) is 28.9. The summed E-state index contributed by atoms with van der Waals surface area (Å²) in [6.45, 7) is 8.35. The van der Waals surface area contributed by atoms with Gasteiger partial charge >= 0.3 is 5.97 Å². The van der Waals surface area contributed by atoms with Gasteiger partial charge in [0.1, 0.15) is 5.60 Å². The van der Waals surface area contributed by atoms with Crippen LogP contribution >= 0.6 is 11.6 Å². The summed E-state index contributed by atoms with van der Waals surface area (Å²) in [4.78, 5) is 24.6. The average Bonchev–Trinajstić information content (AvgIpc) is 2.92. The number of carbonyl (C=O) groups is 2. The summed E-state index contributed by atoms with van der Waals surface area (Å²) in [6.07, 6.45) is 0.129. The lowest BCUT2D eigenvalue weighted by Crippen LogP contribution is -2.29. The maximum Gasteiger partial charge on any atom is 0.308 e. The molecule has 0 fully saturated rings. The van der Waals surface area contributed by atoms with Gasteiger partial charge in [-0.05, 0) is 97.5 Å². The van der Waals surface area contributed by atoms with Gasteiger partial charge in [0.25, 0.3) is 5.91 Å². The van der Waals surface area contributed by atoms with Gasteiger partial charge in [-0.2, -0.15) is 0 Å². The van der Waals surface area contributed by atoms with Gasteiger partial charge in [-0.1, -0.05) is 66.2 Å². The van der Waals surface area contributed by atoms with Crippen LogP contribution in [0.4, 0.5) is 5.69 Å². The lowest BCUT2D eigenvalue weighted by molar-refractivity contribution is -0.154. The Bertz CT molecular complexity index is 1470. The molecule has 40 heavy (non-hydrogen) atoms. The third kappa shape index (κ3) is 7.96. The predicted molar refractivity (Wildman–Crippen MR) is 164 cm³/mol. The number of amides is 1. The number of carbonyl (C=O) groups excluding carboxylic acids is 2. The van der Waals surface area contributed by atoms with Crippen molar-refractivity contribution in [1.82, 2.24) is 5.32 Å². The fourth-order valence-corrected chi connectivity index (χ4v) is 4.56. The summed E-state index contributed by atoms with van der Waals surface area (Å²) in [7, 11) is 0. The Morgan fingerprint density at radius 1 is 0.825 bits per heavy atom. The standard InChI is InChI=1S/C34H35ClN2O3/c1-23-21-26(33(39)36-20-19-32(38)40-34(2,3)4)13-18-30(23)31-8-6-5-7-27(31)22-37-29-16-11-25(12-17-29)24-9-14-28(35)15-10-24/h5-18,21,37H,19-20,22H2,1-4H3,(H,36,39). The van der Waals surface area contributed by atoms with E-state index in [2.05, 4.69) is 47.0 Å². The number of nitrogens with one attached hydrogen (secondary N) is 2. The van der Waals surface area contributed by atoms with Crippen LogP contribution in [0.1, 0.15) is 48.7 Å². The molecule has 0 bridgehead atoms. The zero-order valence-electron chi connectivity index (χ0n) is 23.4. The number of esters is 1. The largest absolute Gasteiger partial charge is 0.460 e. The van der Waals surface area contributed by atoms with Crippen LogP contribution in [0.3, 0.4) is 0 Å². The molecule has 0 heterocycles. The Hall–Kier alpha value is -4.09. The lowest BCUT2D eigenvalue weighted by atomic mass is 9.94. The Morgan fingerprint density at radius 3 is 2.12 bits per heavy atom. The molecule has 2 N–H and O–H groups in total. The van der Waals surface area contributed by atoms with Crippen molar-refractivity contribution in [3.05, 3.63) is 113 Å². The topological polar surface area (TPSA) is 67.4 Å². The number of ether oxygens (including phenoxy) is 1. The first-order valence-electron chi connectivity index (χ1n) is 13.4. The second kappa shape index (κ2) is 12.8. The van der Waals surface area contributed by atoms with Crippen LogP contribution in [0, 0.1) is 6.92 Å². The molecule has 0 aliphatic carbocycles. The first-order chi connectivity index (χ1) is 19.1. The average molecular weight is 555 g/mol. The summed E-state index contributed by atoms with van der Waals surface area (Å²) in [6, 6.07) is 30.1. The van der Waals surface area contributed by atoms with Crippen molar-refractivity contribution in [2.75, 3.05) is 11.9 Å². The molecule has 0 unspecified atom stereocenters. The van der Waals surface area contributed by atoms with Crippen molar-refractivity contribution in [2.24, 2.45) is 0 Å². The summed E-state index contributed by atoms with van der Waals surface area (Å²) in [5.74, 6) is -0.544. The molecule has 4 rings (SSSR count). The van der Waals surface area contributed by atoms with Crippen molar-refractivity contribution < 1.29 is 14.3 Å². The second-order valence-corrected chi connectivity index (χ2v) is 11.2. The predicted octanol–water partition coefficient (Wildman–Crippen LogP) is 8.06. The molecule has 5 nitrogen and oxygen atoms in total. The highest BCUT2D eigenvalue weighted by molar-refractivity contribution is 6.30. The number of aryl methyl sites for hydroxylation is 1. The second-order valence-electron chi connectivity index (χ2n) is 10.7. The van der Waals surface area contributed by atoms with Crippen LogP contribution in [0.15, 0.2) is 91.0 Å². The van der Waals surface area contributed by atoms with E-state index < -0.39 is 5.60 Å². The minimum atomic E-state index is -0.539. The summed E-state index contributed by atoms with van der Waals surface area (Å²) >= 11 is 6.01. The fourth-order valence-electron chi connectivity index (χ4n) is 4.44. The van der Waals surface area contributed by atoms with Crippen LogP contribution in [0.2, 0.25) is 5.02 Å². The number of benzene rings is 4. The van der Waals surface area contributed by atoms with Crippen LogP contribution in [0.5, 0.6) is 0 Å². The zero-order chi connectivity index (χ0) is 28.7. The number of anilines is 1. The number of hydrogen-bond donors (Lipinski definition) is 2. The van der Waals surface area contributed by atoms with Crippen molar-refractivity contribution in [3.63, 3.8) is 0 Å². The minimum absolute atomic E-state index is 0.129. The molecule has 0 aliphatic rings. The highest BCUT2D eigenvalue weighted by Crippen LogP contribution is 2.29. The lowest BCUT2D eigenvalue weighted by Gasteiger charge is -2.19. The minimum Gasteiger partial charge on any atom is -0.460 e. The third-order valence-corrected chi connectivity index (χ3v) is 6.63. The molecule has 0 radical (unpaired) electrons. The summed E-state index contributed by atoms with van der Waals surface area (Å²) in [5, 5.41) is 7.07. The van der Waals surface area contributed by atoms with Gasteiger partial charge in [0, 0.05) is 29.4 Å². The van der Waals surface area contributed by atoms with Crippen molar-refractivity contribution >= 4 is 29.2 Å². The fraction of sp³-hybridized carbons (Fsp3) is 0.235. The Kier molecular flexibility index (Phi) is 9.28.